The van der Waals surface area contributed by atoms with Gasteiger partial charge in [0.1, 0.15) is 23.7 Å². The van der Waals surface area contributed by atoms with Gasteiger partial charge in [-0.25, -0.2) is 18.4 Å². The third kappa shape index (κ3) is 5.25. The summed E-state index contributed by atoms with van der Waals surface area (Å²) in [6, 6.07) is 0.751. The van der Waals surface area contributed by atoms with E-state index in [4.69, 9.17) is 4.74 Å². The first-order valence-corrected chi connectivity index (χ1v) is 8.94. The van der Waals surface area contributed by atoms with Crippen LogP contribution in [0, 0.1) is 11.6 Å². The lowest BCUT2D eigenvalue weighted by Gasteiger charge is -2.22. The number of amides is 6. The van der Waals surface area contributed by atoms with Crippen molar-refractivity contribution in [3.8, 4) is 0 Å². The molecule has 0 saturated carbocycles. The van der Waals surface area contributed by atoms with Gasteiger partial charge >= 0.3 is 12.1 Å². The summed E-state index contributed by atoms with van der Waals surface area (Å²) in [5, 5.41) is 6.68. The lowest BCUT2D eigenvalue weighted by atomic mass is 9.91. The minimum atomic E-state index is -1.88. The molecule has 1 heterocycles. The maximum absolute atomic E-state index is 14.1. The van der Waals surface area contributed by atoms with Crippen molar-refractivity contribution in [3.05, 3.63) is 35.4 Å². The highest BCUT2D eigenvalue weighted by molar-refractivity contribution is 6.10. The first kappa shape index (κ1) is 22.2. The molecule has 2 rings (SSSR count). The van der Waals surface area contributed by atoms with E-state index in [1.54, 1.807) is 0 Å². The molecule has 11 heteroatoms. The highest BCUT2D eigenvalue weighted by atomic mass is 19.1. The number of rotatable bonds is 8. The molecule has 0 aromatic heterocycles. The van der Waals surface area contributed by atoms with Gasteiger partial charge in [0.15, 0.2) is 0 Å². The van der Waals surface area contributed by atoms with Crippen molar-refractivity contribution < 1.29 is 32.7 Å². The zero-order chi connectivity index (χ0) is 21.6. The number of urea groups is 2. The fourth-order valence-electron chi connectivity index (χ4n) is 2.78. The molecule has 1 aliphatic rings. The Morgan fingerprint density at radius 1 is 1.28 bits per heavy atom. The van der Waals surface area contributed by atoms with E-state index in [9.17, 15) is 28.0 Å². The average Bonchev–Trinajstić information content (AvgIpc) is 2.87. The molecule has 1 aromatic rings. The molecule has 1 fully saturated rings. The van der Waals surface area contributed by atoms with E-state index in [0.717, 1.165) is 18.2 Å². The van der Waals surface area contributed by atoms with Crippen LogP contribution in [0.15, 0.2) is 18.2 Å². The first-order chi connectivity index (χ1) is 13.7. The van der Waals surface area contributed by atoms with Gasteiger partial charge in [-0.05, 0) is 38.5 Å². The van der Waals surface area contributed by atoms with Crippen molar-refractivity contribution in [3.63, 3.8) is 0 Å². The highest BCUT2D eigenvalue weighted by Gasteiger charge is 2.50. The number of nitrogens with one attached hydrogen (secondary N) is 3. The molecule has 158 valence electrons. The van der Waals surface area contributed by atoms with Gasteiger partial charge in [0, 0.05) is 25.3 Å². The summed E-state index contributed by atoms with van der Waals surface area (Å²) in [7, 11) is 0. The lowest BCUT2D eigenvalue weighted by Crippen LogP contribution is -2.47. The molecule has 3 N–H and O–H groups in total. The van der Waals surface area contributed by atoms with Gasteiger partial charge in [0.2, 0.25) is 5.91 Å². The molecular formula is C18H22F2N4O5. The Hall–Kier alpha value is -3.08. The summed E-state index contributed by atoms with van der Waals surface area (Å²) in [6.07, 6.45) is 0.542. The normalized spacial score (nSPS) is 18.6. The van der Waals surface area contributed by atoms with Crippen LogP contribution in [-0.2, 0) is 19.9 Å². The summed E-state index contributed by atoms with van der Waals surface area (Å²) >= 11 is 0. The third-order valence-electron chi connectivity index (χ3n) is 4.25. The minimum absolute atomic E-state index is 0.263. The second-order valence-electron chi connectivity index (χ2n) is 6.43. The van der Waals surface area contributed by atoms with E-state index in [2.05, 4.69) is 10.6 Å². The molecule has 1 atom stereocenters. The van der Waals surface area contributed by atoms with Crippen LogP contribution in [-0.4, -0.2) is 55.1 Å². The number of hydrogen-bond acceptors (Lipinski definition) is 5. The van der Waals surface area contributed by atoms with E-state index < -0.39 is 47.6 Å². The maximum atomic E-state index is 14.1. The quantitative estimate of drug-likeness (QED) is 0.435. The molecule has 1 aromatic carbocycles. The zero-order valence-electron chi connectivity index (χ0n) is 16.0. The average molecular weight is 412 g/mol. The van der Waals surface area contributed by atoms with E-state index in [-0.39, 0.29) is 12.1 Å². The van der Waals surface area contributed by atoms with E-state index in [1.807, 2.05) is 12.2 Å². The van der Waals surface area contributed by atoms with Crippen molar-refractivity contribution in [2.24, 2.45) is 0 Å². The molecule has 1 unspecified atom stereocenters. The molecule has 0 aliphatic carbocycles. The van der Waals surface area contributed by atoms with Gasteiger partial charge in [0.25, 0.3) is 5.91 Å². The smallest absolute Gasteiger partial charge is 0.325 e. The van der Waals surface area contributed by atoms with Gasteiger partial charge in [-0.1, -0.05) is 0 Å². The molecule has 29 heavy (non-hydrogen) atoms. The zero-order valence-corrected chi connectivity index (χ0v) is 16.0. The van der Waals surface area contributed by atoms with Gasteiger partial charge in [-0.15, -0.1) is 0 Å². The fraction of sp³-hybridized carbons (Fsp3) is 0.444. The van der Waals surface area contributed by atoms with Crippen molar-refractivity contribution >= 4 is 23.9 Å². The van der Waals surface area contributed by atoms with Crippen molar-refractivity contribution in [1.82, 2.24) is 20.9 Å². The summed E-state index contributed by atoms with van der Waals surface area (Å²) in [6.45, 7) is 3.54. The summed E-state index contributed by atoms with van der Waals surface area (Å²) in [4.78, 5) is 49.0. The van der Waals surface area contributed by atoms with E-state index >= 15 is 0 Å². The van der Waals surface area contributed by atoms with Crippen LogP contribution < -0.4 is 16.0 Å². The Labute approximate surface area is 165 Å². The largest absolute Gasteiger partial charge is 0.382 e. The van der Waals surface area contributed by atoms with Crippen LogP contribution in [0.25, 0.3) is 0 Å². The lowest BCUT2D eigenvalue weighted by molar-refractivity contribution is -0.134. The Balaban J connectivity index is 1.97. The molecule has 6 amide bonds. The second kappa shape index (κ2) is 9.41. The van der Waals surface area contributed by atoms with Crippen LogP contribution in [0.4, 0.5) is 18.4 Å². The summed E-state index contributed by atoms with van der Waals surface area (Å²) in [5.74, 6) is -3.54. The number of carbonyl (C=O) groups is 4. The van der Waals surface area contributed by atoms with Crippen LogP contribution in [0.2, 0.25) is 0 Å². The molecule has 1 saturated heterocycles. The van der Waals surface area contributed by atoms with Gasteiger partial charge in [-0.2, -0.15) is 0 Å². The number of benzene rings is 1. The predicted molar refractivity (Wildman–Crippen MR) is 96.6 cm³/mol. The standard InChI is InChI=1S/C18H22F2N4O5/c1-3-29-8-4-7-21-16(27)22-14(25)10-24-15(26)18(2,23-17(24)28)12-9-11(19)5-6-13(12)20/h5-6,9H,3-4,7-8,10H2,1-2H3,(H,23,28)(H2,21,22,25,27). The van der Waals surface area contributed by atoms with Crippen molar-refractivity contribution in [1.29, 1.82) is 0 Å². The van der Waals surface area contributed by atoms with Crippen LogP contribution in [0.3, 0.4) is 0 Å². The predicted octanol–water partition coefficient (Wildman–Crippen LogP) is 0.984. The molecule has 9 nitrogen and oxygen atoms in total. The third-order valence-corrected chi connectivity index (χ3v) is 4.25. The van der Waals surface area contributed by atoms with Crippen molar-refractivity contribution in [2.75, 3.05) is 26.3 Å². The minimum Gasteiger partial charge on any atom is -0.382 e. The number of ether oxygens (including phenoxy) is 1. The second-order valence-corrected chi connectivity index (χ2v) is 6.43. The van der Waals surface area contributed by atoms with Crippen LogP contribution in [0.1, 0.15) is 25.8 Å². The maximum Gasteiger partial charge on any atom is 0.325 e. The molecular weight excluding hydrogens is 390 g/mol. The number of nitrogens with zero attached hydrogens (tertiary/aromatic N) is 1. The number of hydrogen-bond donors (Lipinski definition) is 3. The Kier molecular flexibility index (Phi) is 7.21. The summed E-state index contributed by atoms with van der Waals surface area (Å²) < 4.78 is 32.7. The van der Waals surface area contributed by atoms with Crippen LogP contribution >= 0.6 is 0 Å². The number of halogens is 2. The monoisotopic (exact) mass is 412 g/mol. The number of carbonyl (C=O) groups excluding carboxylic acids is 4. The van der Waals surface area contributed by atoms with E-state index in [1.165, 1.54) is 6.92 Å². The van der Waals surface area contributed by atoms with Crippen molar-refractivity contribution in [2.45, 2.75) is 25.8 Å². The Bertz CT molecular complexity index is 819. The molecule has 1 aliphatic heterocycles. The Morgan fingerprint density at radius 3 is 2.69 bits per heavy atom. The Morgan fingerprint density at radius 2 is 2.00 bits per heavy atom. The van der Waals surface area contributed by atoms with Gasteiger partial charge in [0.05, 0.1) is 0 Å². The molecule has 0 radical (unpaired) electrons. The first-order valence-electron chi connectivity index (χ1n) is 8.94. The summed E-state index contributed by atoms with van der Waals surface area (Å²) in [5.41, 5.74) is -2.25. The number of imide groups is 2. The topological polar surface area (TPSA) is 117 Å². The van der Waals surface area contributed by atoms with Gasteiger partial charge in [-0.3, -0.25) is 19.8 Å². The molecule has 0 bridgehead atoms. The highest BCUT2D eigenvalue weighted by Crippen LogP contribution is 2.31. The SMILES string of the molecule is CCOCCCNC(=O)NC(=O)CN1C(=O)NC(C)(c2cc(F)ccc2F)C1=O. The van der Waals surface area contributed by atoms with Gasteiger partial charge < -0.3 is 15.4 Å². The van der Waals surface area contributed by atoms with Crippen LogP contribution in [0.5, 0.6) is 0 Å². The molecule has 0 spiro atoms. The fourth-order valence-corrected chi connectivity index (χ4v) is 2.78. The van der Waals surface area contributed by atoms with E-state index in [0.29, 0.717) is 24.5 Å².